The van der Waals surface area contributed by atoms with Gasteiger partial charge in [0.05, 0.1) is 17.6 Å². The fourth-order valence-corrected chi connectivity index (χ4v) is 2.94. The van der Waals surface area contributed by atoms with Gasteiger partial charge in [0.1, 0.15) is 15.5 Å². The Labute approximate surface area is 143 Å². The summed E-state index contributed by atoms with van der Waals surface area (Å²) in [4.78, 5) is 27.3. The molecule has 3 N–H and O–H groups in total. The monoisotopic (exact) mass is 352 g/mol. The molecule has 0 atom stereocenters. The van der Waals surface area contributed by atoms with Crippen molar-refractivity contribution in [2.45, 2.75) is 39.7 Å². The normalized spacial score (nSPS) is 11.3. The highest BCUT2D eigenvalue weighted by Crippen LogP contribution is 2.28. The van der Waals surface area contributed by atoms with Gasteiger partial charge in [0.25, 0.3) is 0 Å². The minimum atomic E-state index is -0.996. The van der Waals surface area contributed by atoms with Crippen molar-refractivity contribution in [1.29, 1.82) is 0 Å². The molecule has 0 spiro atoms. The molecule has 0 radical (unpaired) electrons. The molecule has 8 nitrogen and oxygen atoms in total. The quantitative estimate of drug-likeness (QED) is 0.761. The Morgan fingerprint density at radius 2 is 2.12 bits per heavy atom. The Balaban J connectivity index is 2.02. The van der Waals surface area contributed by atoms with Gasteiger partial charge in [-0.25, -0.2) is 14.6 Å². The van der Waals surface area contributed by atoms with Crippen molar-refractivity contribution in [3.63, 3.8) is 0 Å². The first-order valence-electron chi connectivity index (χ1n) is 7.37. The number of carboxylic acid groups (broad SMARTS) is 1. The van der Waals surface area contributed by atoms with Crippen LogP contribution in [0.15, 0.2) is 6.20 Å². The number of carboxylic acids is 1. The maximum absolute atomic E-state index is 11.6. The maximum atomic E-state index is 11.6. The molecule has 2 heterocycles. The van der Waals surface area contributed by atoms with Crippen LogP contribution in [0.1, 0.15) is 41.7 Å². The summed E-state index contributed by atoms with van der Waals surface area (Å²) in [5.41, 5.74) is 1.43. The van der Waals surface area contributed by atoms with Crippen molar-refractivity contribution in [2.24, 2.45) is 0 Å². The molecule has 0 aliphatic heterocycles. The number of aromatic nitrogens is 3. The molecule has 0 aromatic carbocycles. The number of nitrogens with zero attached hydrogens (tertiary/aromatic N) is 2. The molecular formula is C15H20N4O4S. The lowest BCUT2D eigenvalue weighted by Gasteiger charge is -2.19. The summed E-state index contributed by atoms with van der Waals surface area (Å²) in [6, 6.07) is 0. The largest absolute Gasteiger partial charge is 0.477 e. The number of hydrogen-bond acceptors (Lipinski definition) is 6. The van der Waals surface area contributed by atoms with Crippen molar-refractivity contribution in [1.82, 2.24) is 20.5 Å². The minimum Gasteiger partial charge on any atom is -0.477 e. The molecule has 2 rings (SSSR count). The van der Waals surface area contributed by atoms with Crippen molar-refractivity contribution in [3.8, 4) is 10.7 Å². The van der Waals surface area contributed by atoms with Gasteiger partial charge in [0, 0.05) is 12.1 Å². The van der Waals surface area contributed by atoms with Gasteiger partial charge in [-0.05, 0) is 34.1 Å². The SMILES string of the molecule is Cc1nc(-c2[nH]ncc2CCNC(=O)OC(C)(C)C)sc1C(=O)O. The number of amides is 1. The molecule has 0 saturated carbocycles. The van der Waals surface area contributed by atoms with Gasteiger partial charge >= 0.3 is 12.1 Å². The summed E-state index contributed by atoms with van der Waals surface area (Å²) in [6.45, 7) is 7.42. The van der Waals surface area contributed by atoms with Crippen LogP contribution < -0.4 is 5.32 Å². The highest BCUT2D eigenvalue weighted by molar-refractivity contribution is 7.17. The van der Waals surface area contributed by atoms with Crippen LogP contribution in [0.4, 0.5) is 4.79 Å². The van der Waals surface area contributed by atoms with Crippen molar-refractivity contribution < 1.29 is 19.4 Å². The Hall–Kier alpha value is -2.42. The first kappa shape index (κ1) is 17.9. The molecule has 9 heteroatoms. The number of aromatic carboxylic acids is 1. The number of thiazole rings is 1. The number of alkyl carbamates (subject to hydrolysis) is 1. The van der Waals surface area contributed by atoms with E-state index < -0.39 is 17.7 Å². The molecule has 2 aromatic heterocycles. The molecule has 1 amide bonds. The lowest BCUT2D eigenvalue weighted by Crippen LogP contribution is -2.33. The lowest BCUT2D eigenvalue weighted by atomic mass is 10.2. The zero-order chi connectivity index (χ0) is 17.9. The van der Waals surface area contributed by atoms with Crippen LogP contribution in [0.5, 0.6) is 0 Å². The van der Waals surface area contributed by atoms with E-state index in [4.69, 9.17) is 9.84 Å². The van der Waals surface area contributed by atoms with E-state index in [9.17, 15) is 9.59 Å². The number of nitrogens with one attached hydrogen (secondary N) is 2. The van der Waals surface area contributed by atoms with Crippen molar-refractivity contribution in [3.05, 3.63) is 22.3 Å². The van der Waals surface area contributed by atoms with E-state index >= 15 is 0 Å². The second kappa shape index (κ2) is 7.00. The number of rotatable bonds is 5. The minimum absolute atomic E-state index is 0.206. The number of H-pyrrole nitrogens is 1. The zero-order valence-corrected chi connectivity index (χ0v) is 14.8. The van der Waals surface area contributed by atoms with Gasteiger partial charge in [-0.2, -0.15) is 5.10 Å². The van der Waals surface area contributed by atoms with Crippen LogP contribution in [0.3, 0.4) is 0 Å². The van der Waals surface area contributed by atoms with Crippen LogP contribution in [0, 0.1) is 6.92 Å². The average Bonchev–Trinajstić information content (AvgIpc) is 3.02. The Morgan fingerprint density at radius 3 is 2.71 bits per heavy atom. The number of ether oxygens (including phenoxy) is 1. The Kier molecular flexibility index (Phi) is 5.23. The van der Waals surface area contributed by atoms with E-state index in [-0.39, 0.29) is 4.88 Å². The van der Waals surface area contributed by atoms with Crippen LogP contribution in [0.2, 0.25) is 0 Å². The number of aromatic amines is 1. The van der Waals surface area contributed by atoms with Crippen LogP contribution in [-0.2, 0) is 11.2 Å². The molecule has 0 aliphatic carbocycles. The Morgan fingerprint density at radius 1 is 1.42 bits per heavy atom. The van der Waals surface area contributed by atoms with E-state index in [1.807, 2.05) is 0 Å². The van der Waals surface area contributed by atoms with Gasteiger partial charge in [0.15, 0.2) is 0 Å². The fourth-order valence-electron chi connectivity index (χ4n) is 2.00. The molecular weight excluding hydrogens is 332 g/mol. The number of carbonyl (C=O) groups is 2. The van der Waals surface area contributed by atoms with E-state index in [2.05, 4.69) is 20.5 Å². The molecule has 24 heavy (non-hydrogen) atoms. The predicted octanol–water partition coefficient (Wildman–Crippen LogP) is 2.61. The molecule has 2 aromatic rings. The summed E-state index contributed by atoms with van der Waals surface area (Å²) >= 11 is 1.09. The first-order valence-corrected chi connectivity index (χ1v) is 8.19. The van der Waals surface area contributed by atoms with Crippen molar-refractivity contribution >= 4 is 23.4 Å². The van der Waals surface area contributed by atoms with E-state index in [0.717, 1.165) is 16.9 Å². The third-order valence-electron chi connectivity index (χ3n) is 2.99. The smallest absolute Gasteiger partial charge is 0.407 e. The fraction of sp³-hybridized carbons (Fsp3) is 0.467. The zero-order valence-electron chi connectivity index (χ0n) is 14.0. The van der Waals surface area contributed by atoms with Crippen LogP contribution in [0.25, 0.3) is 10.7 Å². The molecule has 130 valence electrons. The third kappa shape index (κ3) is 4.54. The first-order chi connectivity index (χ1) is 11.2. The summed E-state index contributed by atoms with van der Waals surface area (Å²) in [7, 11) is 0. The lowest BCUT2D eigenvalue weighted by molar-refractivity contribution is 0.0528. The summed E-state index contributed by atoms with van der Waals surface area (Å²) < 4.78 is 5.17. The van der Waals surface area contributed by atoms with Gasteiger partial charge < -0.3 is 15.2 Å². The summed E-state index contributed by atoms with van der Waals surface area (Å²) in [6.07, 6.45) is 1.68. The van der Waals surface area contributed by atoms with Gasteiger partial charge in [-0.15, -0.1) is 11.3 Å². The highest BCUT2D eigenvalue weighted by Gasteiger charge is 2.19. The second-order valence-electron chi connectivity index (χ2n) is 6.19. The van der Waals surface area contributed by atoms with E-state index in [0.29, 0.717) is 29.4 Å². The van der Waals surface area contributed by atoms with E-state index in [1.165, 1.54) is 0 Å². The highest BCUT2D eigenvalue weighted by atomic mass is 32.1. The molecule has 0 unspecified atom stereocenters. The number of carbonyl (C=O) groups excluding carboxylic acids is 1. The van der Waals surface area contributed by atoms with Crippen LogP contribution >= 0.6 is 11.3 Å². The summed E-state index contributed by atoms with van der Waals surface area (Å²) in [5, 5.41) is 19.2. The second-order valence-corrected chi connectivity index (χ2v) is 7.19. The summed E-state index contributed by atoms with van der Waals surface area (Å²) in [5.74, 6) is -0.996. The van der Waals surface area contributed by atoms with Gasteiger partial charge in [-0.1, -0.05) is 0 Å². The topological polar surface area (TPSA) is 117 Å². The number of hydrogen-bond donors (Lipinski definition) is 3. The maximum Gasteiger partial charge on any atom is 0.407 e. The molecule has 0 fully saturated rings. The third-order valence-corrected chi connectivity index (χ3v) is 4.15. The van der Waals surface area contributed by atoms with Crippen LogP contribution in [-0.4, -0.2) is 44.5 Å². The standard InChI is InChI=1S/C15H20N4O4S/c1-8-11(13(20)21)24-12(18-8)10-9(7-17-19-10)5-6-16-14(22)23-15(2,3)4/h7H,5-6H2,1-4H3,(H,16,22)(H,17,19)(H,20,21). The molecule has 0 saturated heterocycles. The molecule has 0 bridgehead atoms. The van der Waals surface area contributed by atoms with E-state index in [1.54, 1.807) is 33.9 Å². The average molecular weight is 352 g/mol. The van der Waals surface area contributed by atoms with Gasteiger partial charge in [0.2, 0.25) is 0 Å². The Bertz CT molecular complexity index is 745. The predicted molar refractivity (Wildman–Crippen MR) is 89.3 cm³/mol. The number of aryl methyl sites for hydroxylation is 1. The van der Waals surface area contributed by atoms with Gasteiger partial charge in [-0.3, -0.25) is 5.10 Å². The molecule has 0 aliphatic rings. The van der Waals surface area contributed by atoms with Crippen molar-refractivity contribution in [2.75, 3.05) is 6.54 Å².